The van der Waals surface area contributed by atoms with Crippen LogP contribution in [0.15, 0.2) is 77.7 Å². The topological polar surface area (TPSA) is 75.7 Å². The molecule has 0 heterocycles. The largest absolute Gasteiger partial charge is 0.497 e. The summed E-state index contributed by atoms with van der Waals surface area (Å²) in [4.78, 5) is 12.6. The number of hydrogen-bond acceptors (Lipinski definition) is 4. The van der Waals surface area contributed by atoms with Gasteiger partial charge in [0.25, 0.3) is 10.0 Å². The van der Waals surface area contributed by atoms with Crippen LogP contribution in [-0.2, 0) is 21.4 Å². The molecule has 0 aliphatic heterocycles. The van der Waals surface area contributed by atoms with Crippen molar-refractivity contribution in [1.29, 1.82) is 0 Å². The number of hydrogen-bond donors (Lipinski definition) is 1. The molecular weight excluding hydrogens is 443 g/mol. The van der Waals surface area contributed by atoms with E-state index in [0.717, 1.165) is 4.31 Å². The summed E-state index contributed by atoms with van der Waals surface area (Å²) in [5.74, 6) is -0.475. The fourth-order valence-corrected chi connectivity index (χ4v) is 4.45. The fourth-order valence-electron chi connectivity index (χ4n) is 2.86. The van der Waals surface area contributed by atoms with E-state index in [1.165, 1.54) is 55.6 Å². The van der Waals surface area contributed by atoms with Gasteiger partial charge in [0, 0.05) is 11.6 Å². The van der Waals surface area contributed by atoms with Gasteiger partial charge in [-0.1, -0.05) is 29.8 Å². The van der Waals surface area contributed by atoms with Crippen LogP contribution in [-0.4, -0.2) is 28.0 Å². The number of methoxy groups -OCH3 is 1. The van der Waals surface area contributed by atoms with Gasteiger partial charge in [0.15, 0.2) is 0 Å². The van der Waals surface area contributed by atoms with Crippen molar-refractivity contribution >= 4 is 33.2 Å². The number of carbonyl (C=O) groups is 1. The van der Waals surface area contributed by atoms with Crippen molar-refractivity contribution in [2.75, 3.05) is 18.0 Å². The van der Waals surface area contributed by atoms with Crippen LogP contribution in [0.1, 0.15) is 5.56 Å². The Morgan fingerprint density at radius 3 is 2.42 bits per heavy atom. The first-order valence-corrected chi connectivity index (χ1v) is 11.0. The summed E-state index contributed by atoms with van der Waals surface area (Å²) < 4.78 is 46.0. The zero-order valence-corrected chi connectivity index (χ0v) is 18.2. The van der Waals surface area contributed by atoms with Crippen molar-refractivity contribution in [1.82, 2.24) is 5.32 Å². The van der Waals surface area contributed by atoms with Gasteiger partial charge in [-0.3, -0.25) is 9.10 Å². The molecule has 162 valence electrons. The van der Waals surface area contributed by atoms with Gasteiger partial charge in [0.2, 0.25) is 5.91 Å². The predicted molar refractivity (Wildman–Crippen MR) is 117 cm³/mol. The maximum Gasteiger partial charge on any atom is 0.264 e. The van der Waals surface area contributed by atoms with Gasteiger partial charge in [0.05, 0.1) is 17.7 Å². The Morgan fingerprint density at radius 2 is 1.77 bits per heavy atom. The third-order valence-corrected chi connectivity index (χ3v) is 6.43. The van der Waals surface area contributed by atoms with Crippen LogP contribution in [0.25, 0.3) is 0 Å². The average molecular weight is 463 g/mol. The Hall–Kier alpha value is -3.10. The lowest BCUT2D eigenvalue weighted by molar-refractivity contribution is -0.119. The fraction of sp³-hybridized carbons (Fsp3) is 0.136. The summed E-state index contributed by atoms with van der Waals surface area (Å²) in [6.45, 7) is -0.424. The molecule has 3 rings (SSSR count). The number of rotatable bonds is 8. The molecule has 0 fully saturated rings. The number of sulfonamides is 1. The molecule has 0 spiro atoms. The molecule has 0 aromatic heterocycles. The predicted octanol–water partition coefficient (Wildman–Crippen LogP) is 4.00. The first-order valence-electron chi connectivity index (χ1n) is 9.23. The van der Waals surface area contributed by atoms with E-state index in [-0.39, 0.29) is 17.1 Å². The van der Waals surface area contributed by atoms with E-state index >= 15 is 0 Å². The number of amides is 1. The Labute approximate surface area is 185 Å². The van der Waals surface area contributed by atoms with Crippen molar-refractivity contribution in [2.24, 2.45) is 0 Å². The van der Waals surface area contributed by atoms with Crippen molar-refractivity contribution < 1.29 is 22.3 Å². The smallest absolute Gasteiger partial charge is 0.264 e. The standard InChI is InChI=1S/C22H20ClFN2O4S/c1-30-20-8-10-21(11-9-20)31(28,29)26(19-7-3-5-17(23)13-19)15-22(27)25-14-16-4-2-6-18(24)12-16/h2-13H,14-15H2,1H3,(H,25,27). The van der Waals surface area contributed by atoms with Crippen LogP contribution in [0.3, 0.4) is 0 Å². The van der Waals surface area contributed by atoms with Crippen LogP contribution >= 0.6 is 11.6 Å². The summed E-state index contributed by atoms with van der Waals surface area (Å²) in [6.07, 6.45) is 0. The second-order valence-electron chi connectivity index (χ2n) is 6.57. The summed E-state index contributed by atoms with van der Waals surface area (Å²) in [5, 5.41) is 2.94. The molecule has 3 aromatic carbocycles. The van der Waals surface area contributed by atoms with Gasteiger partial charge in [-0.25, -0.2) is 12.8 Å². The van der Waals surface area contributed by atoms with Crippen LogP contribution in [0, 0.1) is 5.82 Å². The Bertz CT molecular complexity index is 1170. The van der Waals surface area contributed by atoms with E-state index in [4.69, 9.17) is 16.3 Å². The lowest BCUT2D eigenvalue weighted by Crippen LogP contribution is -2.40. The van der Waals surface area contributed by atoms with Gasteiger partial charge >= 0.3 is 0 Å². The number of anilines is 1. The van der Waals surface area contributed by atoms with E-state index in [9.17, 15) is 17.6 Å². The normalized spacial score (nSPS) is 11.1. The quantitative estimate of drug-likeness (QED) is 0.549. The summed E-state index contributed by atoms with van der Waals surface area (Å²) in [6, 6.07) is 17.8. The van der Waals surface area contributed by atoms with E-state index in [1.807, 2.05) is 0 Å². The number of carbonyl (C=O) groups excluding carboxylic acids is 1. The first-order chi connectivity index (χ1) is 14.8. The maximum absolute atomic E-state index is 13.3. The van der Waals surface area contributed by atoms with Gasteiger partial charge in [-0.05, 0) is 60.2 Å². The molecule has 0 bridgehead atoms. The monoisotopic (exact) mass is 462 g/mol. The van der Waals surface area contributed by atoms with Crippen molar-refractivity contribution in [3.63, 3.8) is 0 Å². The molecule has 0 aliphatic rings. The number of nitrogens with zero attached hydrogens (tertiary/aromatic N) is 1. The third kappa shape index (κ3) is 5.74. The number of benzene rings is 3. The molecule has 0 unspecified atom stereocenters. The number of ether oxygens (including phenoxy) is 1. The Morgan fingerprint density at radius 1 is 1.06 bits per heavy atom. The second kappa shape index (κ2) is 9.80. The molecule has 0 saturated heterocycles. The molecule has 9 heteroatoms. The highest BCUT2D eigenvalue weighted by Crippen LogP contribution is 2.27. The highest BCUT2D eigenvalue weighted by molar-refractivity contribution is 7.92. The summed E-state index contributed by atoms with van der Waals surface area (Å²) in [5.41, 5.74) is 0.796. The Balaban J connectivity index is 1.86. The molecule has 3 aromatic rings. The maximum atomic E-state index is 13.3. The molecule has 0 aliphatic carbocycles. The van der Waals surface area contributed by atoms with E-state index in [2.05, 4.69) is 5.32 Å². The molecule has 0 atom stereocenters. The zero-order chi connectivity index (χ0) is 22.4. The van der Waals surface area contributed by atoms with Crippen molar-refractivity contribution in [3.8, 4) is 5.75 Å². The first kappa shape index (κ1) is 22.6. The molecule has 1 N–H and O–H groups in total. The summed E-state index contributed by atoms with van der Waals surface area (Å²) >= 11 is 6.04. The molecule has 31 heavy (non-hydrogen) atoms. The van der Waals surface area contributed by atoms with Crippen LogP contribution in [0.5, 0.6) is 5.75 Å². The van der Waals surface area contributed by atoms with Crippen molar-refractivity contribution in [3.05, 3.63) is 89.2 Å². The SMILES string of the molecule is COc1ccc(S(=O)(=O)N(CC(=O)NCc2cccc(F)c2)c2cccc(Cl)c2)cc1. The molecule has 0 saturated carbocycles. The van der Waals surface area contributed by atoms with E-state index in [1.54, 1.807) is 24.3 Å². The molecule has 1 amide bonds. The van der Waals surface area contributed by atoms with E-state index in [0.29, 0.717) is 16.3 Å². The zero-order valence-electron chi connectivity index (χ0n) is 16.6. The molecule has 6 nitrogen and oxygen atoms in total. The number of nitrogens with one attached hydrogen (secondary N) is 1. The summed E-state index contributed by atoms with van der Waals surface area (Å²) in [7, 11) is -2.61. The molecular formula is C22H20ClFN2O4S. The highest BCUT2D eigenvalue weighted by atomic mass is 35.5. The lowest BCUT2D eigenvalue weighted by Gasteiger charge is -2.24. The lowest BCUT2D eigenvalue weighted by atomic mass is 10.2. The van der Waals surface area contributed by atoms with Crippen LogP contribution < -0.4 is 14.4 Å². The minimum atomic E-state index is -4.08. The Kier molecular flexibility index (Phi) is 7.14. The second-order valence-corrected chi connectivity index (χ2v) is 8.87. The van der Waals surface area contributed by atoms with Gasteiger partial charge in [0.1, 0.15) is 18.1 Å². The average Bonchev–Trinajstić information content (AvgIpc) is 2.76. The van der Waals surface area contributed by atoms with E-state index < -0.39 is 28.3 Å². The van der Waals surface area contributed by atoms with Gasteiger partial charge < -0.3 is 10.1 Å². The number of halogens is 2. The van der Waals surface area contributed by atoms with Gasteiger partial charge in [-0.15, -0.1) is 0 Å². The van der Waals surface area contributed by atoms with Crippen LogP contribution in [0.2, 0.25) is 5.02 Å². The minimum absolute atomic E-state index is 0.00814. The van der Waals surface area contributed by atoms with Crippen LogP contribution in [0.4, 0.5) is 10.1 Å². The third-order valence-electron chi connectivity index (χ3n) is 4.41. The van der Waals surface area contributed by atoms with Gasteiger partial charge in [-0.2, -0.15) is 0 Å². The molecule has 0 radical (unpaired) electrons. The van der Waals surface area contributed by atoms with Crippen molar-refractivity contribution in [2.45, 2.75) is 11.4 Å². The highest BCUT2D eigenvalue weighted by Gasteiger charge is 2.27. The minimum Gasteiger partial charge on any atom is -0.497 e.